The van der Waals surface area contributed by atoms with Crippen molar-refractivity contribution in [2.75, 3.05) is 14.1 Å². The molecule has 1 aromatic heterocycles. The Balaban J connectivity index is 3.24. The van der Waals surface area contributed by atoms with E-state index in [0.717, 1.165) is 15.8 Å². The molecule has 0 bridgehead atoms. The van der Waals surface area contributed by atoms with Crippen LogP contribution in [-0.2, 0) is 13.2 Å². The van der Waals surface area contributed by atoms with Gasteiger partial charge in [-0.3, -0.25) is 9.48 Å². The Bertz CT molecular complexity index is 381. The lowest BCUT2D eigenvalue weighted by molar-refractivity contribution is -0.141. The van der Waals surface area contributed by atoms with Crippen molar-refractivity contribution in [3.63, 3.8) is 0 Å². The van der Waals surface area contributed by atoms with Gasteiger partial charge in [0.25, 0.3) is 5.91 Å². The average Bonchev–Trinajstić information content (AvgIpc) is 2.44. The van der Waals surface area contributed by atoms with E-state index in [1.807, 2.05) is 0 Å². The average molecular weight is 221 g/mol. The molecule has 0 aliphatic heterocycles. The Morgan fingerprint density at radius 1 is 1.47 bits per heavy atom. The molecule has 0 saturated carbocycles. The molecule has 0 aliphatic rings. The van der Waals surface area contributed by atoms with Crippen molar-refractivity contribution in [3.8, 4) is 0 Å². The quantitative estimate of drug-likeness (QED) is 0.713. The molecule has 84 valence electrons. The number of hydrogen-bond donors (Lipinski definition) is 0. The second-order valence-corrected chi connectivity index (χ2v) is 3.26. The molecule has 0 radical (unpaired) electrons. The maximum Gasteiger partial charge on any atom is 0.435 e. The van der Waals surface area contributed by atoms with E-state index in [2.05, 4.69) is 5.10 Å². The van der Waals surface area contributed by atoms with E-state index in [1.165, 1.54) is 21.1 Å². The summed E-state index contributed by atoms with van der Waals surface area (Å²) in [6.45, 7) is 0. The van der Waals surface area contributed by atoms with Gasteiger partial charge < -0.3 is 4.90 Å². The number of aryl methyl sites for hydroxylation is 1. The van der Waals surface area contributed by atoms with Crippen molar-refractivity contribution in [3.05, 3.63) is 17.5 Å². The highest BCUT2D eigenvalue weighted by atomic mass is 19.4. The van der Waals surface area contributed by atoms with Gasteiger partial charge in [-0.1, -0.05) is 0 Å². The van der Waals surface area contributed by atoms with Crippen LogP contribution in [0.25, 0.3) is 0 Å². The van der Waals surface area contributed by atoms with Crippen LogP contribution in [0.15, 0.2) is 6.20 Å². The van der Waals surface area contributed by atoms with Gasteiger partial charge in [0.05, 0.1) is 5.56 Å². The van der Waals surface area contributed by atoms with Crippen LogP contribution in [0, 0.1) is 0 Å². The number of rotatable bonds is 1. The zero-order chi connectivity index (χ0) is 11.8. The minimum absolute atomic E-state index is 0.435. The summed E-state index contributed by atoms with van der Waals surface area (Å²) in [4.78, 5) is 12.5. The standard InChI is InChI=1S/C8H10F3N3O/c1-13(2)7(15)5-4-14(3)12-6(5)8(9,10)11/h4H,1-3H3. The lowest BCUT2D eigenvalue weighted by Crippen LogP contribution is -2.24. The van der Waals surface area contributed by atoms with Crippen LogP contribution in [0.2, 0.25) is 0 Å². The Morgan fingerprint density at radius 3 is 2.40 bits per heavy atom. The summed E-state index contributed by atoms with van der Waals surface area (Å²) in [6, 6.07) is 0. The fraction of sp³-hybridized carbons (Fsp3) is 0.500. The summed E-state index contributed by atoms with van der Waals surface area (Å²) in [5, 5.41) is 3.23. The molecule has 15 heavy (non-hydrogen) atoms. The van der Waals surface area contributed by atoms with Gasteiger partial charge in [-0.15, -0.1) is 0 Å². The van der Waals surface area contributed by atoms with Gasteiger partial charge in [0.15, 0.2) is 5.69 Å². The van der Waals surface area contributed by atoms with Gasteiger partial charge in [-0.05, 0) is 0 Å². The molecule has 1 rings (SSSR count). The summed E-state index contributed by atoms with van der Waals surface area (Å²) in [7, 11) is 4.10. The number of amides is 1. The minimum Gasteiger partial charge on any atom is -0.345 e. The van der Waals surface area contributed by atoms with Crippen molar-refractivity contribution in [2.24, 2.45) is 7.05 Å². The monoisotopic (exact) mass is 221 g/mol. The SMILES string of the molecule is CN(C)C(=O)c1cn(C)nc1C(F)(F)F. The van der Waals surface area contributed by atoms with Crippen LogP contribution in [0.3, 0.4) is 0 Å². The first-order chi connectivity index (χ1) is 6.73. The van der Waals surface area contributed by atoms with Gasteiger partial charge in [0.2, 0.25) is 0 Å². The van der Waals surface area contributed by atoms with E-state index in [9.17, 15) is 18.0 Å². The molecule has 7 heteroatoms. The largest absolute Gasteiger partial charge is 0.435 e. The van der Waals surface area contributed by atoms with Crippen LogP contribution in [0.1, 0.15) is 16.1 Å². The number of hydrogen-bond acceptors (Lipinski definition) is 2. The molecule has 0 atom stereocenters. The minimum atomic E-state index is -4.61. The molecule has 0 aliphatic carbocycles. The van der Waals surface area contributed by atoms with E-state index in [1.54, 1.807) is 0 Å². The topological polar surface area (TPSA) is 38.1 Å². The summed E-state index contributed by atoms with van der Waals surface area (Å²) >= 11 is 0. The maximum atomic E-state index is 12.4. The van der Waals surface area contributed by atoms with Crippen LogP contribution >= 0.6 is 0 Å². The smallest absolute Gasteiger partial charge is 0.345 e. The van der Waals surface area contributed by atoms with Crippen molar-refractivity contribution in [2.45, 2.75) is 6.18 Å². The number of nitrogens with zero attached hydrogens (tertiary/aromatic N) is 3. The predicted molar refractivity (Wildman–Crippen MR) is 46.2 cm³/mol. The highest BCUT2D eigenvalue weighted by molar-refractivity contribution is 5.94. The van der Waals surface area contributed by atoms with E-state index in [0.29, 0.717) is 0 Å². The summed E-state index contributed by atoms with van der Waals surface area (Å²) in [5.41, 5.74) is -1.58. The molecule has 1 aromatic rings. The molecule has 0 aromatic carbocycles. The molecule has 4 nitrogen and oxygen atoms in total. The molecular formula is C8H10F3N3O. The molecule has 1 amide bonds. The molecule has 1 heterocycles. The number of alkyl halides is 3. The second-order valence-electron chi connectivity index (χ2n) is 3.26. The van der Waals surface area contributed by atoms with E-state index in [-0.39, 0.29) is 0 Å². The van der Waals surface area contributed by atoms with E-state index >= 15 is 0 Å². The third kappa shape index (κ3) is 2.28. The van der Waals surface area contributed by atoms with Crippen molar-refractivity contribution >= 4 is 5.91 Å². The zero-order valence-corrected chi connectivity index (χ0v) is 8.46. The number of aromatic nitrogens is 2. The normalized spacial score (nSPS) is 11.6. The maximum absolute atomic E-state index is 12.4. The highest BCUT2D eigenvalue weighted by Gasteiger charge is 2.39. The van der Waals surface area contributed by atoms with Crippen LogP contribution in [-0.4, -0.2) is 34.7 Å². The summed E-state index contributed by atoms with van der Waals surface area (Å²) < 4.78 is 38.3. The summed E-state index contributed by atoms with van der Waals surface area (Å²) in [5.74, 6) is -0.713. The first-order valence-electron chi connectivity index (χ1n) is 4.06. The zero-order valence-electron chi connectivity index (χ0n) is 8.46. The Morgan fingerprint density at radius 2 is 2.00 bits per heavy atom. The van der Waals surface area contributed by atoms with Crippen molar-refractivity contribution in [1.82, 2.24) is 14.7 Å². The molecule has 0 N–H and O–H groups in total. The summed E-state index contributed by atoms with van der Waals surface area (Å²) in [6.07, 6.45) is -3.55. The van der Waals surface area contributed by atoms with Crippen molar-refractivity contribution < 1.29 is 18.0 Å². The van der Waals surface area contributed by atoms with Gasteiger partial charge in [0.1, 0.15) is 0 Å². The fourth-order valence-electron chi connectivity index (χ4n) is 1.10. The number of halogens is 3. The van der Waals surface area contributed by atoms with Gasteiger partial charge >= 0.3 is 6.18 Å². The highest BCUT2D eigenvalue weighted by Crippen LogP contribution is 2.30. The molecule has 0 saturated heterocycles. The fourth-order valence-corrected chi connectivity index (χ4v) is 1.10. The Hall–Kier alpha value is -1.53. The first kappa shape index (κ1) is 11.5. The number of carbonyl (C=O) groups is 1. The molecule has 0 spiro atoms. The lowest BCUT2D eigenvalue weighted by atomic mass is 10.2. The Kier molecular flexibility index (Phi) is 2.74. The first-order valence-corrected chi connectivity index (χ1v) is 4.06. The molecule has 0 fully saturated rings. The molecular weight excluding hydrogens is 211 g/mol. The van der Waals surface area contributed by atoms with E-state index in [4.69, 9.17) is 0 Å². The number of carbonyl (C=O) groups excluding carboxylic acids is 1. The van der Waals surface area contributed by atoms with Gasteiger partial charge in [-0.2, -0.15) is 18.3 Å². The Labute approximate surface area is 84.3 Å². The third-order valence-corrected chi connectivity index (χ3v) is 1.73. The van der Waals surface area contributed by atoms with Crippen LogP contribution < -0.4 is 0 Å². The van der Waals surface area contributed by atoms with Gasteiger partial charge in [-0.25, -0.2) is 0 Å². The predicted octanol–water partition coefficient (Wildman–Crippen LogP) is 1.14. The molecule has 0 unspecified atom stereocenters. The van der Waals surface area contributed by atoms with Crippen molar-refractivity contribution in [1.29, 1.82) is 0 Å². The lowest BCUT2D eigenvalue weighted by Gasteiger charge is -2.10. The third-order valence-electron chi connectivity index (χ3n) is 1.73. The van der Waals surface area contributed by atoms with Crippen LogP contribution in [0.5, 0.6) is 0 Å². The second kappa shape index (κ2) is 3.56. The van der Waals surface area contributed by atoms with E-state index < -0.39 is 23.3 Å². The van der Waals surface area contributed by atoms with Gasteiger partial charge in [0, 0.05) is 27.3 Å². The van der Waals surface area contributed by atoms with Crippen LogP contribution in [0.4, 0.5) is 13.2 Å².